The Labute approximate surface area is 192 Å². The van der Waals surface area contributed by atoms with Crippen LogP contribution >= 0.6 is 0 Å². The quantitative estimate of drug-likeness (QED) is 0.134. The molecule has 0 fully saturated rings. The third kappa shape index (κ3) is 14.6. The Hall–Kier alpha value is -3.02. The maximum absolute atomic E-state index is 12.0. The van der Waals surface area contributed by atoms with Crippen molar-refractivity contribution in [1.82, 2.24) is 10.6 Å². The average molecular weight is 473 g/mol. The van der Waals surface area contributed by atoms with E-state index >= 15 is 0 Å². The topological polar surface area (TPSA) is 219 Å². The highest BCUT2D eigenvalue weighted by atomic mass is 16.4. The molecule has 0 aliphatic heterocycles. The van der Waals surface area contributed by atoms with Crippen molar-refractivity contribution in [3.63, 3.8) is 0 Å². The van der Waals surface area contributed by atoms with Gasteiger partial charge in [-0.3, -0.25) is 19.2 Å². The molecule has 0 saturated heterocycles. The van der Waals surface area contributed by atoms with Gasteiger partial charge in [0.05, 0.1) is 5.92 Å². The fourth-order valence-electron chi connectivity index (χ4n) is 3.23. The predicted octanol–water partition coefficient (Wildman–Crippen LogP) is -0.467. The molecule has 0 aromatic carbocycles. The van der Waals surface area contributed by atoms with E-state index in [1.165, 1.54) is 6.92 Å². The normalized spacial score (nSPS) is 13.4. The zero-order valence-electron chi connectivity index (χ0n) is 19.0. The number of hydrogen-bond acceptors (Lipinski definition) is 7. The molecule has 12 heteroatoms. The van der Waals surface area contributed by atoms with Crippen LogP contribution in [0, 0.1) is 11.8 Å². The van der Waals surface area contributed by atoms with E-state index in [4.69, 9.17) is 16.6 Å². The Bertz CT molecular complexity index is 698. The monoisotopic (exact) mass is 472 g/mol. The summed E-state index contributed by atoms with van der Waals surface area (Å²) in [6.45, 7) is 1.97. The van der Waals surface area contributed by atoms with Gasteiger partial charge in [0, 0.05) is 31.7 Å². The summed E-state index contributed by atoms with van der Waals surface area (Å²) < 4.78 is 0. The number of carboxylic acid groups (broad SMARTS) is 2. The summed E-state index contributed by atoms with van der Waals surface area (Å²) in [6.07, 6.45) is 1.54. The van der Waals surface area contributed by atoms with Gasteiger partial charge in [-0.05, 0) is 45.6 Å². The molecule has 188 valence electrons. The smallest absolute Gasteiger partial charge is 0.326 e. The van der Waals surface area contributed by atoms with Crippen molar-refractivity contribution in [2.45, 2.75) is 70.8 Å². The fraction of sp³-hybridized carbons (Fsp3) is 0.714. The minimum absolute atomic E-state index is 0.102. The van der Waals surface area contributed by atoms with E-state index in [-0.39, 0.29) is 49.7 Å². The van der Waals surface area contributed by atoms with Gasteiger partial charge < -0.3 is 37.1 Å². The molecule has 0 saturated carbocycles. The Kier molecular flexibility index (Phi) is 15.1. The number of carbonyl (C=O) groups excluding carboxylic acids is 4. The summed E-state index contributed by atoms with van der Waals surface area (Å²) in [7, 11) is 0. The molecule has 0 rings (SSSR count). The SMILES string of the molecule is CC(=O)C[C@@H](CCC(=O)N[C@@H](CCC(=O)NCCCC[C@H](CCN)C(N)=O)C(=O)O)C(=O)O. The van der Waals surface area contributed by atoms with Gasteiger partial charge in [0.1, 0.15) is 11.8 Å². The third-order valence-corrected chi connectivity index (χ3v) is 5.12. The van der Waals surface area contributed by atoms with Gasteiger partial charge in [-0.2, -0.15) is 0 Å². The zero-order valence-corrected chi connectivity index (χ0v) is 19.0. The van der Waals surface area contributed by atoms with Gasteiger partial charge >= 0.3 is 11.9 Å². The molecule has 0 unspecified atom stereocenters. The second-order valence-corrected chi connectivity index (χ2v) is 8.00. The summed E-state index contributed by atoms with van der Waals surface area (Å²) in [6, 6.07) is -1.30. The minimum atomic E-state index is -1.31. The number of rotatable bonds is 19. The molecule has 0 aromatic heterocycles. The van der Waals surface area contributed by atoms with Crippen LogP contribution in [0.15, 0.2) is 0 Å². The number of nitrogens with one attached hydrogen (secondary N) is 2. The van der Waals surface area contributed by atoms with Crippen LogP contribution in [0.5, 0.6) is 0 Å². The van der Waals surface area contributed by atoms with Crippen molar-refractivity contribution in [3.05, 3.63) is 0 Å². The van der Waals surface area contributed by atoms with E-state index in [9.17, 15) is 33.9 Å². The summed E-state index contributed by atoms with van der Waals surface area (Å²) >= 11 is 0. The molecule has 0 heterocycles. The molecule has 0 aliphatic rings. The van der Waals surface area contributed by atoms with E-state index in [2.05, 4.69) is 10.6 Å². The minimum Gasteiger partial charge on any atom is -0.481 e. The van der Waals surface area contributed by atoms with E-state index < -0.39 is 35.7 Å². The number of hydrogen-bond donors (Lipinski definition) is 6. The average Bonchev–Trinajstić information content (AvgIpc) is 2.72. The standard InChI is InChI=1S/C21H36N4O8/c1-13(26)12-15(20(30)31)5-7-18(28)25-16(21(32)33)6-8-17(27)24-11-3-2-4-14(9-10-22)19(23)29/h14-16H,2-12,22H2,1H3,(H2,23,29)(H,24,27)(H,25,28)(H,30,31)(H,32,33)/t14-,15-,16+/m1/s1. The lowest BCUT2D eigenvalue weighted by atomic mass is 9.97. The van der Waals surface area contributed by atoms with Crippen LogP contribution in [0.2, 0.25) is 0 Å². The third-order valence-electron chi connectivity index (χ3n) is 5.12. The lowest BCUT2D eigenvalue weighted by Gasteiger charge is -2.16. The lowest BCUT2D eigenvalue weighted by Crippen LogP contribution is -2.41. The number of unbranched alkanes of at least 4 members (excludes halogenated alkanes) is 1. The van der Waals surface area contributed by atoms with Crippen molar-refractivity contribution < 1.29 is 39.0 Å². The van der Waals surface area contributed by atoms with Gasteiger partial charge in [0.15, 0.2) is 0 Å². The lowest BCUT2D eigenvalue weighted by molar-refractivity contribution is -0.145. The van der Waals surface area contributed by atoms with Gasteiger partial charge in [-0.1, -0.05) is 6.42 Å². The molecule has 0 spiro atoms. The van der Waals surface area contributed by atoms with E-state index in [0.717, 1.165) is 0 Å². The number of aliphatic carboxylic acids is 2. The van der Waals surface area contributed by atoms with E-state index in [1.54, 1.807) is 0 Å². The second-order valence-electron chi connectivity index (χ2n) is 8.00. The molecule has 12 nitrogen and oxygen atoms in total. The first-order valence-electron chi connectivity index (χ1n) is 11.0. The molecular formula is C21H36N4O8. The van der Waals surface area contributed by atoms with Crippen molar-refractivity contribution in [2.24, 2.45) is 23.3 Å². The van der Waals surface area contributed by atoms with Crippen LogP contribution in [0.1, 0.15) is 64.7 Å². The summed E-state index contributed by atoms with van der Waals surface area (Å²) in [4.78, 5) is 68.9. The van der Waals surface area contributed by atoms with Crippen LogP contribution in [-0.4, -0.2) is 64.8 Å². The van der Waals surface area contributed by atoms with Gasteiger partial charge in [0.25, 0.3) is 0 Å². The Morgan fingerprint density at radius 1 is 0.818 bits per heavy atom. The molecule has 0 radical (unpaired) electrons. The summed E-state index contributed by atoms with van der Waals surface area (Å²) in [5.41, 5.74) is 10.7. The van der Waals surface area contributed by atoms with Crippen LogP contribution in [-0.2, 0) is 28.8 Å². The van der Waals surface area contributed by atoms with Gasteiger partial charge in [0.2, 0.25) is 17.7 Å². The second kappa shape index (κ2) is 16.6. The maximum atomic E-state index is 12.0. The molecule has 0 bridgehead atoms. The highest BCUT2D eigenvalue weighted by Crippen LogP contribution is 2.13. The molecule has 3 amide bonds. The first-order valence-corrected chi connectivity index (χ1v) is 11.0. The number of amides is 3. The predicted molar refractivity (Wildman–Crippen MR) is 118 cm³/mol. The number of carboxylic acids is 2. The van der Waals surface area contributed by atoms with Gasteiger partial charge in [-0.25, -0.2) is 4.79 Å². The Balaban J connectivity index is 4.32. The van der Waals surface area contributed by atoms with Crippen molar-refractivity contribution in [3.8, 4) is 0 Å². The maximum Gasteiger partial charge on any atom is 0.326 e. The molecular weight excluding hydrogens is 436 g/mol. The first-order chi connectivity index (χ1) is 15.5. The molecule has 0 aliphatic carbocycles. The summed E-state index contributed by atoms with van der Waals surface area (Å²) in [5, 5.41) is 23.3. The number of Topliss-reactive ketones (excluding diaryl/α,β-unsaturated/α-hetero) is 1. The Morgan fingerprint density at radius 3 is 1.97 bits per heavy atom. The van der Waals surface area contributed by atoms with Crippen molar-refractivity contribution >= 4 is 35.4 Å². The van der Waals surface area contributed by atoms with E-state index in [1.807, 2.05) is 0 Å². The van der Waals surface area contributed by atoms with Gasteiger partial charge in [-0.15, -0.1) is 0 Å². The van der Waals surface area contributed by atoms with Crippen LogP contribution in [0.3, 0.4) is 0 Å². The zero-order chi connectivity index (χ0) is 25.4. The Morgan fingerprint density at radius 2 is 1.45 bits per heavy atom. The largest absolute Gasteiger partial charge is 0.481 e. The van der Waals surface area contributed by atoms with Crippen LogP contribution in [0.4, 0.5) is 0 Å². The van der Waals surface area contributed by atoms with Crippen LogP contribution in [0.25, 0.3) is 0 Å². The number of primary amides is 1. The molecule has 3 atom stereocenters. The van der Waals surface area contributed by atoms with Crippen LogP contribution < -0.4 is 22.1 Å². The number of nitrogens with two attached hydrogens (primary N) is 2. The van der Waals surface area contributed by atoms with Crippen molar-refractivity contribution in [2.75, 3.05) is 13.1 Å². The molecule has 0 aromatic rings. The van der Waals surface area contributed by atoms with E-state index in [0.29, 0.717) is 38.8 Å². The fourth-order valence-corrected chi connectivity index (χ4v) is 3.23. The highest BCUT2D eigenvalue weighted by molar-refractivity contribution is 5.85. The first kappa shape index (κ1) is 30.0. The number of ketones is 1. The summed E-state index contributed by atoms with van der Waals surface area (Å²) in [5.74, 6) is -5.59. The number of carbonyl (C=O) groups is 6. The highest BCUT2D eigenvalue weighted by Gasteiger charge is 2.24. The molecule has 8 N–H and O–H groups in total. The molecule has 33 heavy (non-hydrogen) atoms. The van der Waals surface area contributed by atoms with Crippen molar-refractivity contribution in [1.29, 1.82) is 0 Å².